The molecule has 0 unspecified atom stereocenters. The molecule has 0 aromatic rings. The fourth-order valence-corrected chi connectivity index (χ4v) is 3.27. The highest BCUT2D eigenvalue weighted by Crippen LogP contribution is 2.52. The topological polar surface area (TPSA) is 21.7 Å². The summed E-state index contributed by atoms with van der Waals surface area (Å²) in [6.45, 7) is 5.63. The Kier molecular flexibility index (Phi) is 5.64. The normalized spacial score (nSPS) is 13.3. The number of hydrogen-bond acceptors (Lipinski definition) is 3. The number of hydrogen-bond donors (Lipinski definition) is 0. The Balaban J connectivity index is 4.45. The molecule has 0 aromatic carbocycles. The molecule has 3 nitrogen and oxygen atoms in total. The molecule has 0 bridgehead atoms. The molecule has 0 aliphatic heterocycles. The van der Waals surface area contributed by atoms with Crippen molar-refractivity contribution in [3.05, 3.63) is 0 Å². The third-order valence-electron chi connectivity index (χ3n) is 1.18. The SMILES string of the molecule is CC(C)OP(=S)(OC(C)C)N(C)C. The lowest BCUT2D eigenvalue weighted by Crippen LogP contribution is -2.18. The second kappa shape index (κ2) is 5.42. The van der Waals surface area contributed by atoms with Gasteiger partial charge >= 0.3 is 0 Å². The van der Waals surface area contributed by atoms with Gasteiger partial charge < -0.3 is 9.05 Å². The van der Waals surface area contributed by atoms with Crippen LogP contribution in [0.25, 0.3) is 0 Å². The third kappa shape index (κ3) is 5.08. The van der Waals surface area contributed by atoms with Crippen LogP contribution in [0.1, 0.15) is 27.7 Å². The van der Waals surface area contributed by atoms with Crippen LogP contribution in [0.2, 0.25) is 0 Å². The van der Waals surface area contributed by atoms with Crippen LogP contribution in [0.15, 0.2) is 0 Å². The van der Waals surface area contributed by atoms with E-state index in [1.807, 2.05) is 46.5 Å². The molecule has 0 fully saturated rings. The van der Waals surface area contributed by atoms with E-state index >= 15 is 0 Å². The van der Waals surface area contributed by atoms with Crippen LogP contribution >= 0.6 is 6.64 Å². The molecule has 0 atom stereocenters. The summed E-state index contributed by atoms with van der Waals surface area (Å²) in [5.41, 5.74) is 0. The van der Waals surface area contributed by atoms with Crippen LogP contribution in [0.4, 0.5) is 0 Å². The second-order valence-electron chi connectivity index (χ2n) is 3.62. The van der Waals surface area contributed by atoms with Gasteiger partial charge in [-0.3, -0.25) is 0 Å². The summed E-state index contributed by atoms with van der Waals surface area (Å²) in [6, 6.07) is 0. The van der Waals surface area contributed by atoms with Gasteiger partial charge in [0.05, 0.1) is 12.2 Å². The van der Waals surface area contributed by atoms with Crippen molar-refractivity contribution in [1.82, 2.24) is 4.67 Å². The highest BCUT2D eigenvalue weighted by Gasteiger charge is 2.24. The summed E-state index contributed by atoms with van der Waals surface area (Å²) in [5.74, 6) is 0. The van der Waals surface area contributed by atoms with Crippen molar-refractivity contribution >= 4 is 18.4 Å². The molecule has 0 spiro atoms. The van der Waals surface area contributed by atoms with Crippen LogP contribution in [0, 0.1) is 0 Å². The van der Waals surface area contributed by atoms with E-state index in [1.54, 1.807) is 0 Å². The molecule has 80 valence electrons. The summed E-state index contributed by atoms with van der Waals surface area (Å²) in [4.78, 5) is 0. The van der Waals surface area contributed by atoms with Gasteiger partial charge in [-0.2, -0.15) is 0 Å². The Hall–Kier alpha value is 0.530. The third-order valence-corrected chi connectivity index (χ3v) is 5.03. The van der Waals surface area contributed by atoms with E-state index in [-0.39, 0.29) is 12.2 Å². The zero-order valence-corrected chi connectivity index (χ0v) is 11.0. The molecule has 0 rings (SSSR count). The molecule has 0 aliphatic rings. The summed E-state index contributed by atoms with van der Waals surface area (Å²) in [5, 5.41) is 0. The van der Waals surface area contributed by atoms with E-state index < -0.39 is 6.64 Å². The highest BCUT2D eigenvalue weighted by atomic mass is 32.5. The largest absolute Gasteiger partial charge is 0.315 e. The average molecular weight is 225 g/mol. The minimum atomic E-state index is -2.24. The lowest BCUT2D eigenvalue weighted by Gasteiger charge is -2.31. The van der Waals surface area contributed by atoms with Crippen molar-refractivity contribution in [2.45, 2.75) is 39.9 Å². The molecule has 0 saturated carbocycles. The van der Waals surface area contributed by atoms with E-state index in [4.69, 9.17) is 20.9 Å². The smallest absolute Gasteiger partial charge is 0.263 e. The van der Waals surface area contributed by atoms with E-state index in [9.17, 15) is 0 Å². The maximum Gasteiger partial charge on any atom is 0.263 e. The van der Waals surface area contributed by atoms with Crippen molar-refractivity contribution in [3.8, 4) is 0 Å². The van der Waals surface area contributed by atoms with E-state index in [0.29, 0.717) is 0 Å². The van der Waals surface area contributed by atoms with Crippen molar-refractivity contribution < 1.29 is 9.05 Å². The molecular weight excluding hydrogens is 205 g/mol. The second-order valence-corrected chi connectivity index (χ2v) is 7.17. The van der Waals surface area contributed by atoms with Crippen molar-refractivity contribution in [2.24, 2.45) is 0 Å². The van der Waals surface area contributed by atoms with Crippen LogP contribution in [0.5, 0.6) is 0 Å². The summed E-state index contributed by atoms with van der Waals surface area (Å²) in [7, 11) is 3.79. The van der Waals surface area contributed by atoms with Crippen molar-refractivity contribution in [1.29, 1.82) is 0 Å². The molecular formula is C8H20NO2PS. The minimum absolute atomic E-state index is 0.104. The summed E-state index contributed by atoms with van der Waals surface area (Å²) in [6.07, 6.45) is 0.207. The highest BCUT2D eigenvalue weighted by molar-refractivity contribution is 8.08. The molecule has 0 aliphatic carbocycles. The quantitative estimate of drug-likeness (QED) is 0.670. The summed E-state index contributed by atoms with van der Waals surface area (Å²) < 4.78 is 13.1. The van der Waals surface area contributed by atoms with Crippen molar-refractivity contribution in [3.63, 3.8) is 0 Å². The van der Waals surface area contributed by atoms with Gasteiger partial charge in [-0.05, 0) is 53.6 Å². The molecule has 13 heavy (non-hydrogen) atoms. The van der Waals surface area contributed by atoms with Gasteiger partial charge in [-0.1, -0.05) is 0 Å². The van der Waals surface area contributed by atoms with Gasteiger partial charge in [-0.25, -0.2) is 4.67 Å². The fourth-order valence-electron chi connectivity index (χ4n) is 0.746. The van der Waals surface area contributed by atoms with Gasteiger partial charge in [0, 0.05) is 0 Å². The Bertz CT molecular complexity index is 181. The van der Waals surface area contributed by atoms with Crippen molar-refractivity contribution in [2.75, 3.05) is 14.1 Å². The van der Waals surface area contributed by atoms with Crippen LogP contribution in [-0.4, -0.2) is 31.0 Å². The molecule has 0 saturated heterocycles. The maximum atomic E-state index is 5.64. The lowest BCUT2D eigenvalue weighted by atomic mass is 10.5. The zero-order valence-electron chi connectivity index (χ0n) is 9.27. The van der Waals surface area contributed by atoms with Gasteiger partial charge in [0.25, 0.3) is 6.64 Å². The van der Waals surface area contributed by atoms with Gasteiger partial charge in [0.2, 0.25) is 0 Å². The molecule has 0 N–H and O–H groups in total. The van der Waals surface area contributed by atoms with Gasteiger partial charge in [-0.15, -0.1) is 0 Å². The lowest BCUT2D eigenvalue weighted by molar-refractivity contribution is 0.152. The zero-order chi connectivity index (χ0) is 10.6. The Morgan fingerprint density at radius 1 is 1.00 bits per heavy atom. The Labute approximate surface area is 86.6 Å². The number of rotatable bonds is 5. The molecule has 0 radical (unpaired) electrons. The van der Waals surface area contributed by atoms with Crippen LogP contribution in [-0.2, 0) is 20.9 Å². The van der Waals surface area contributed by atoms with E-state index in [0.717, 1.165) is 0 Å². The predicted molar refractivity (Wildman–Crippen MR) is 60.4 cm³/mol. The van der Waals surface area contributed by atoms with Crippen LogP contribution in [0.3, 0.4) is 0 Å². The molecule has 5 heteroatoms. The van der Waals surface area contributed by atoms with E-state index in [1.165, 1.54) is 0 Å². The summed E-state index contributed by atoms with van der Waals surface area (Å²) >= 11 is 5.37. The van der Waals surface area contributed by atoms with Gasteiger partial charge in [0.15, 0.2) is 0 Å². The van der Waals surface area contributed by atoms with Crippen LogP contribution < -0.4 is 0 Å². The molecule has 0 amide bonds. The van der Waals surface area contributed by atoms with Gasteiger partial charge in [0.1, 0.15) is 0 Å². The first-order valence-electron chi connectivity index (χ1n) is 4.42. The first-order chi connectivity index (χ1) is 5.78. The first-order valence-corrected chi connectivity index (χ1v) is 7.01. The number of nitrogens with zero attached hydrogens (tertiary/aromatic N) is 1. The first kappa shape index (κ1) is 13.5. The molecule has 0 aromatic heterocycles. The Morgan fingerprint density at radius 2 is 1.31 bits per heavy atom. The minimum Gasteiger partial charge on any atom is -0.315 e. The standard InChI is InChI=1S/C8H20NO2PS/c1-7(2)10-12(13,9(5)6)11-8(3)4/h7-8H,1-6H3. The maximum absolute atomic E-state index is 5.64. The molecule has 0 heterocycles. The fraction of sp³-hybridized carbons (Fsp3) is 1.00. The monoisotopic (exact) mass is 225 g/mol. The average Bonchev–Trinajstić information content (AvgIpc) is 1.82. The Morgan fingerprint density at radius 3 is 1.46 bits per heavy atom. The van der Waals surface area contributed by atoms with E-state index in [2.05, 4.69) is 0 Å². The predicted octanol–water partition coefficient (Wildman–Crippen LogP) is 2.62.